The van der Waals surface area contributed by atoms with Crippen molar-refractivity contribution in [3.05, 3.63) is 45.1 Å². The van der Waals surface area contributed by atoms with Gasteiger partial charge >= 0.3 is 11.7 Å². The van der Waals surface area contributed by atoms with Crippen molar-refractivity contribution in [1.29, 1.82) is 0 Å². The van der Waals surface area contributed by atoms with Crippen LogP contribution in [0.25, 0.3) is 10.9 Å². The first kappa shape index (κ1) is 16.4. The highest BCUT2D eigenvalue weighted by Gasteiger charge is 2.30. The number of fused-ring (bicyclic) bond motifs is 1. The van der Waals surface area contributed by atoms with Crippen LogP contribution < -0.4 is 11.2 Å². The van der Waals surface area contributed by atoms with Gasteiger partial charge in [0.05, 0.1) is 23.4 Å². The number of esters is 1. The number of hydrogen-bond acceptors (Lipinski definition) is 5. The Hall–Kier alpha value is -2.41. The number of H-pyrrole nitrogens is 1. The van der Waals surface area contributed by atoms with Gasteiger partial charge in [0.15, 0.2) is 0 Å². The maximum absolute atomic E-state index is 12.1. The molecule has 1 fully saturated rings. The van der Waals surface area contributed by atoms with Crippen molar-refractivity contribution in [3.63, 3.8) is 0 Å². The number of nitrogens with one attached hydrogen (secondary N) is 1. The standard InChI is InChI=1S/C17H20N2O5/c1-23-13-7-4-8-14(13)24-15(20)9-10-19-12-6-3-2-5-11(12)16(21)18-17(19)22/h2-3,5-6,13-14H,4,7-10H2,1H3,(H,18,21,22)/t13-,14+/m1/s1. The minimum atomic E-state index is -0.526. The second-order valence-corrected chi connectivity index (χ2v) is 5.91. The molecule has 1 aromatic heterocycles. The van der Waals surface area contributed by atoms with Crippen molar-refractivity contribution in [3.8, 4) is 0 Å². The van der Waals surface area contributed by atoms with E-state index in [-0.39, 0.29) is 31.1 Å². The van der Waals surface area contributed by atoms with Gasteiger partial charge in [0.2, 0.25) is 0 Å². The number of aromatic nitrogens is 2. The molecule has 7 heteroatoms. The number of hydrogen-bond donors (Lipinski definition) is 1. The lowest BCUT2D eigenvalue weighted by Crippen LogP contribution is -2.32. The fourth-order valence-electron chi connectivity index (χ4n) is 3.19. The molecule has 2 atom stereocenters. The first-order valence-electron chi connectivity index (χ1n) is 8.04. The Kier molecular flexibility index (Phi) is 4.80. The summed E-state index contributed by atoms with van der Waals surface area (Å²) in [6.07, 6.45) is 2.45. The lowest BCUT2D eigenvalue weighted by Gasteiger charge is -2.19. The molecule has 128 valence electrons. The zero-order valence-electron chi connectivity index (χ0n) is 13.5. The van der Waals surface area contributed by atoms with Crippen LogP contribution in [-0.4, -0.2) is 34.8 Å². The highest BCUT2D eigenvalue weighted by Crippen LogP contribution is 2.24. The van der Waals surface area contributed by atoms with Crippen molar-refractivity contribution in [2.45, 2.75) is 44.4 Å². The number of carbonyl (C=O) groups excluding carboxylic acids is 1. The van der Waals surface area contributed by atoms with Crippen molar-refractivity contribution < 1.29 is 14.3 Å². The summed E-state index contributed by atoms with van der Waals surface area (Å²) < 4.78 is 12.2. The Balaban J connectivity index is 1.73. The summed E-state index contributed by atoms with van der Waals surface area (Å²) in [5.74, 6) is -0.369. The number of rotatable bonds is 5. The molecule has 0 saturated heterocycles. The molecule has 7 nitrogen and oxygen atoms in total. The normalized spacial score (nSPS) is 20.4. The number of para-hydroxylation sites is 1. The lowest BCUT2D eigenvalue weighted by molar-refractivity contribution is -0.154. The molecule has 0 spiro atoms. The maximum Gasteiger partial charge on any atom is 0.328 e. The van der Waals surface area contributed by atoms with Gasteiger partial charge in [-0.05, 0) is 31.4 Å². The van der Waals surface area contributed by atoms with Crippen LogP contribution in [0.2, 0.25) is 0 Å². The second kappa shape index (κ2) is 7.00. The van der Waals surface area contributed by atoms with E-state index in [1.54, 1.807) is 31.4 Å². The largest absolute Gasteiger partial charge is 0.460 e. The minimum Gasteiger partial charge on any atom is -0.460 e. The van der Waals surface area contributed by atoms with E-state index in [0.29, 0.717) is 10.9 Å². The molecule has 1 aromatic carbocycles. The molecule has 1 heterocycles. The predicted octanol–water partition coefficient (Wildman–Crippen LogP) is 1.19. The number of carbonyl (C=O) groups is 1. The van der Waals surface area contributed by atoms with Gasteiger partial charge < -0.3 is 9.47 Å². The Morgan fingerprint density at radius 1 is 1.25 bits per heavy atom. The van der Waals surface area contributed by atoms with Gasteiger partial charge in [-0.1, -0.05) is 12.1 Å². The van der Waals surface area contributed by atoms with Crippen LogP contribution in [0.3, 0.4) is 0 Å². The molecule has 1 N–H and O–H groups in total. The van der Waals surface area contributed by atoms with E-state index in [0.717, 1.165) is 19.3 Å². The van der Waals surface area contributed by atoms with E-state index < -0.39 is 11.2 Å². The molecular weight excluding hydrogens is 312 g/mol. The third kappa shape index (κ3) is 3.26. The zero-order valence-corrected chi connectivity index (χ0v) is 13.5. The predicted molar refractivity (Wildman–Crippen MR) is 88.0 cm³/mol. The molecule has 0 radical (unpaired) electrons. The lowest BCUT2D eigenvalue weighted by atomic mass is 10.2. The van der Waals surface area contributed by atoms with Crippen LogP contribution in [0, 0.1) is 0 Å². The van der Waals surface area contributed by atoms with E-state index >= 15 is 0 Å². The van der Waals surface area contributed by atoms with Gasteiger partial charge in [0.25, 0.3) is 5.56 Å². The van der Waals surface area contributed by atoms with Crippen LogP contribution in [0.15, 0.2) is 33.9 Å². The Morgan fingerprint density at radius 3 is 2.79 bits per heavy atom. The Morgan fingerprint density at radius 2 is 2.00 bits per heavy atom. The van der Waals surface area contributed by atoms with Crippen LogP contribution >= 0.6 is 0 Å². The zero-order chi connectivity index (χ0) is 17.1. The van der Waals surface area contributed by atoms with Gasteiger partial charge in [-0.15, -0.1) is 0 Å². The van der Waals surface area contributed by atoms with Crippen LogP contribution in [0.5, 0.6) is 0 Å². The number of aryl methyl sites for hydroxylation is 1. The van der Waals surface area contributed by atoms with Crippen molar-refractivity contribution in [1.82, 2.24) is 9.55 Å². The number of nitrogens with zero attached hydrogens (tertiary/aromatic N) is 1. The van der Waals surface area contributed by atoms with Gasteiger partial charge in [0, 0.05) is 13.7 Å². The molecule has 0 amide bonds. The SMILES string of the molecule is CO[C@@H]1CCC[C@@H]1OC(=O)CCn1c(=O)[nH]c(=O)c2ccccc21. The number of aromatic amines is 1. The van der Waals surface area contributed by atoms with E-state index in [9.17, 15) is 14.4 Å². The summed E-state index contributed by atoms with van der Waals surface area (Å²) in [5, 5.41) is 0.417. The highest BCUT2D eigenvalue weighted by molar-refractivity contribution is 5.78. The first-order valence-corrected chi connectivity index (χ1v) is 8.04. The van der Waals surface area contributed by atoms with E-state index in [2.05, 4.69) is 4.98 Å². The summed E-state index contributed by atoms with van der Waals surface area (Å²) >= 11 is 0. The summed E-state index contributed by atoms with van der Waals surface area (Å²) in [7, 11) is 1.61. The maximum atomic E-state index is 12.1. The Labute approximate surface area is 138 Å². The number of benzene rings is 1. The van der Waals surface area contributed by atoms with Gasteiger partial charge in [-0.2, -0.15) is 0 Å². The molecule has 0 aliphatic heterocycles. The van der Waals surface area contributed by atoms with Gasteiger partial charge in [-0.3, -0.25) is 19.1 Å². The molecule has 1 aliphatic carbocycles. The quantitative estimate of drug-likeness (QED) is 0.831. The monoisotopic (exact) mass is 332 g/mol. The van der Waals surface area contributed by atoms with Crippen LogP contribution in [0.1, 0.15) is 25.7 Å². The molecule has 3 rings (SSSR count). The van der Waals surface area contributed by atoms with Crippen LogP contribution in [-0.2, 0) is 20.8 Å². The minimum absolute atomic E-state index is 0.0504. The second-order valence-electron chi connectivity index (χ2n) is 5.91. The van der Waals surface area contributed by atoms with Crippen molar-refractivity contribution in [2.24, 2.45) is 0 Å². The molecule has 2 aromatic rings. The molecule has 0 bridgehead atoms. The summed E-state index contributed by atoms with van der Waals surface area (Å²) in [6.45, 7) is 0.152. The highest BCUT2D eigenvalue weighted by atomic mass is 16.6. The third-order valence-electron chi connectivity index (χ3n) is 4.42. The third-order valence-corrected chi connectivity index (χ3v) is 4.42. The Bertz CT molecular complexity index is 854. The smallest absolute Gasteiger partial charge is 0.328 e. The molecule has 24 heavy (non-hydrogen) atoms. The first-order chi connectivity index (χ1) is 11.6. The average molecular weight is 332 g/mol. The van der Waals surface area contributed by atoms with Crippen LogP contribution in [0.4, 0.5) is 0 Å². The number of methoxy groups -OCH3 is 1. The molecule has 0 unspecified atom stereocenters. The van der Waals surface area contributed by atoms with E-state index in [1.807, 2.05) is 0 Å². The summed E-state index contributed by atoms with van der Waals surface area (Å²) in [6, 6.07) is 6.81. The number of ether oxygens (including phenoxy) is 2. The topological polar surface area (TPSA) is 90.4 Å². The van der Waals surface area contributed by atoms with Crippen molar-refractivity contribution >= 4 is 16.9 Å². The molecule has 1 aliphatic rings. The fraction of sp³-hybridized carbons (Fsp3) is 0.471. The van der Waals surface area contributed by atoms with Gasteiger partial charge in [0.1, 0.15) is 6.10 Å². The van der Waals surface area contributed by atoms with E-state index in [4.69, 9.17) is 9.47 Å². The van der Waals surface area contributed by atoms with Crippen molar-refractivity contribution in [2.75, 3.05) is 7.11 Å². The van der Waals surface area contributed by atoms with Gasteiger partial charge in [-0.25, -0.2) is 4.79 Å². The van der Waals surface area contributed by atoms with E-state index in [1.165, 1.54) is 4.57 Å². The summed E-state index contributed by atoms with van der Waals surface area (Å²) in [4.78, 5) is 38.2. The summed E-state index contributed by atoms with van der Waals surface area (Å²) in [5.41, 5.74) is -0.444. The molecular formula is C17H20N2O5. The fourth-order valence-corrected chi connectivity index (χ4v) is 3.19. The molecule has 1 saturated carbocycles. The average Bonchev–Trinajstić information content (AvgIpc) is 3.01.